The number of hydrogen-bond donors (Lipinski definition) is 2. The summed E-state index contributed by atoms with van der Waals surface area (Å²) in [7, 11) is -3.21. The number of carbonyl (C=O) groups is 1. The molecule has 0 spiro atoms. The summed E-state index contributed by atoms with van der Waals surface area (Å²) in [6, 6.07) is 6.11. The third kappa shape index (κ3) is 8.52. The van der Waals surface area contributed by atoms with Crippen molar-refractivity contribution in [1.29, 1.82) is 0 Å². The highest BCUT2D eigenvalue weighted by Crippen LogP contribution is 2.15. The molecule has 1 unspecified atom stereocenters. The lowest BCUT2D eigenvalue weighted by Gasteiger charge is -2.18. The molecule has 0 bridgehead atoms. The van der Waals surface area contributed by atoms with E-state index >= 15 is 0 Å². The van der Waals surface area contributed by atoms with E-state index in [-0.39, 0.29) is 42.3 Å². The van der Waals surface area contributed by atoms with Crippen LogP contribution >= 0.6 is 12.4 Å². The molecule has 24 heavy (non-hydrogen) atoms. The van der Waals surface area contributed by atoms with Gasteiger partial charge in [-0.05, 0) is 36.6 Å². The molecule has 0 aliphatic rings. The van der Waals surface area contributed by atoms with E-state index in [1.54, 1.807) is 12.1 Å². The fourth-order valence-corrected chi connectivity index (χ4v) is 2.76. The molecule has 0 fully saturated rings. The lowest BCUT2D eigenvalue weighted by molar-refractivity contribution is -0.122. The van der Waals surface area contributed by atoms with E-state index in [1.165, 1.54) is 12.1 Å². The molecular weight excluding hydrogens is 352 g/mol. The average Bonchev–Trinajstić information content (AvgIpc) is 2.45. The van der Waals surface area contributed by atoms with Gasteiger partial charge in [0.15, 0.2) is 9.84 Å². The van der Waals surface area contributed by atoms with Crippen molar-refractivity contribution in [3.63, 3.8) is 0 Å². The number of amides is 1. The van der Waals surface area contributed by atoms with E-state index in [0.29, 0.717) is 18.2 Å². The number of ether oxygens (including phenoxy) is 1. The van der Waals surface area contributed by atoms with E-state index < -0.39 is 9.84 Å². The molecule has 0 aliphatic carbocycles. The van der Waals surface area contributed by atoms with Crippen LogP contribution in [0.2, 0.25) is 0 Å². The van der Waals surface area contributed by atoms with Gasteiger partial charge in [0, 0.05) is 18.8 Å². The molecule has 3 N–H and O–H groups in total. The zero-order valence-electron chi connectivity index (χ0n) is 14.3. The maximum absolute atomic E-state index is 11.8. The molecule has 0 aromatic heterocycles. The van der Waals surface area contributed by atoms with Gasteiger partial charge in [-0.25, -0.2) is 8.42 Å². The summed E-state index contributed by atoms with van der Waals surface area (Å²) >= 11 is 0. The first-order valence-electron chi connectivity index (χ1n) is 7.64. The van der Waals surface area contributed by atoms with Gasteiger partial charge in [0.1, 0.15) is 5.75 Å². The number of sulfone groups is 1. The number of rotatable bonds is 9. The van der Waals surface area contributed by atoms with Crippen molar-refractivity contribution in [2.75, 3.05) is 19.4 Å². The van der Waals surface area contributed by atoms with Crippen LogP contribution in [0.3, 0.4) is 0 Å². The van der Waals surface area contributed by atoms with Crippen LogP contribution in [0.15, 0.2) is 29.2 Å². The molecule has 6 nitrogen and oxygen atoms in total. The summed E-state index contributed by atoms with van der Waals surface area (Å²) < 4.78 is 28.2. The monoisotopic (exact) mass is 378 g/mol. The molecule has 1 aromatic carbocycles. The van der Waals surface area contributed by atoms with E-state index in [9.17, 15) is 13.2 Å². The third-order valence-electron chi connectivity index (χ3n) is 3.26. The Hall–Kier alpha value is -1.31. The molecule has 0 radical (unpaired) electrons. The van der Waals surface area contributed by atoms with Crippen LogP contribution < -0.4 is 15.8 Å². The largest absolute Gasteiger partial charge is 0.493 e. The first-order chi connectivity index (χ1) is 10.7. The first kappa shape index (κ1) is 22.7. The van der Waals surface area contributed by atoms with E-state index in [0.717, 1.165) is 12.7 Å². The lowest BCUT2D eigenvalue weighted by Crippen LogP contribution is -2.41. The van der Waals surface area contributed by atoms with E-state index in [1.807, 2.05) is 0 Å². The van der Waals surface area contributed by atoms with Crippen LogP contribution in [0, 0.1) is 5.92 Å². The zero-order chi connectivity index (χ0) is 17.5. The standard InChI is InChI=1S/C16H26N2O4S.ClH/c1-12(2)10-13(11-17)18-16(19)8-9-22-14-4-6-15(7-5-14)23(3,20)21;/h4-7,12-13H,8-11,17H2,1-3H3,(H,18,19);1H. The fraction of sp³-hybridized carbons (Fsp3) is 0.562. The van der Waals surface area contributed by atoms with Crippen molar-refractivity contribution in [3.05, 3.63) is 24.3 Å². The van der Waals surface area contributed by atoms with Gasteiger partial charge in [0.25, 0.3) is 0 Å². The Bertz CT molecular complexity index is 603. The predicted octanol–water partition coefficient (Wildman–Crippen LogP) is 1.77. The Morgan fingerprint density at radius 3 is 2.29 bits per heavy atom. The maximum Gasteiger partial charge on any atom is 0.223 e. The Morgan fingerprint density at radius 2 is 1.83 bits per heavy atom. The number of halogens is 1. The minimum absolute atomic E-state index is 0. The van der Waals surface area contributed by atoms with Crippen molar-refractivity contribution in [2.24, 2.45) is 11.7 Å². The van der Waals surface area contributed by atoms with Crippen LogP contribution in [-0.4, -0.2) is 39.8 Å². The second-order valence-corrected chi connectivity index (χ2v) is 7.99. The number of hydrogen-bond acceptors (Lipinski definition) is 5. The minimum Gasteiger partial charge on any atom is -0.493 e. The maximum atomic E-state index is 11.8. The SMILES string of the molecule is CC(C)CC(CN)NC(=O)CCOc1ccc(S(C)(=O)=O)cc1.Cl. The molecule has 0 heterocycles. The second kappa shape index (κ2) is 10.5. The Morgan fingerprint density at radius 1 is 1.25 bits per heavy atom. The summed E-state index contributed by atoms with van der Waals surface area (Å²) in [5, 5.41) is 2.89. The predicted molar refractivity (Wildman–Crippen MR) is 97.4 cm³/mol. The van der Waals surface area contributed by atoms with Gasteiger partial charge in [-0.1, -0.05) is 13.8 Å². The molecule has 1 aromatic rings. The summed E-state index contributed by atoms with van der Waals surface area (Å²) in [4.78, 5) is 12.1. The van der Waals surface area contributed by atoms with Crippen molar-refractivity contribution in [2.45, 2.75) is 37.6 Å². The molecule has 0 aliphatic heterocycles. The fourth-order valence-electron chi connectivity index (χ4n) is 2.13. The van der Waals surface area contributed by atoms with Gasteiger partial charge < -0.3 is 15.8 Å². The third-order valence-corrected chi connectivity index (χ3v) is 4.38. The van der Waals surface area contributed by atoms with Gasteiger partial charge in [-0.3, -0.25) is 4.79 Å². The van der Waals surface area contributed by atoms with Crippen molar-refractivity contribution in [3.8, 4) is 5.75 Å². The molecule has 1 rings (SSSR count). The smallest absolute Gasteiger partial charge is 0.223 e. The number of nitrogens with one attached hydrogen (secondary N) is 1. The van der Waals surface area contributed by atoms with Crippen LogP contribution in [0.1, 0.15) is 26.7 Å². The van der Waals surface area contributed by atoms with Gasteiger partial charge in [0.05, 0.1) is 17.9 Å². The van der Waals surface area contributed by atoms with Crippen LogP contribution in [0.25, 0.3) is 0 Å². The molecule has 0 saturated heterocycles. The number of benzene rings is 1. The van der Waals surface area contributed by atoms with Crippen molar-refractivity contribution >= 4 is 28.2 Å². The van der Waals surface area contributed by atoms with Crippen molar-refractivity contribution < 1.29 is 17.9 Å². The Kier molecular flexibility index (Phi) is 9.96. The summed E-state index contributed by atoms with van der Waals surface area (Å²) in [6.45, 7) is 4.80. The molecular formula is C16H27ClN2O4S. The topological polar surface area (TPSA) is 98.5 Å². The van der Waals surface area contributed by atoms with Crippen LogP contribution in [-0.2, 0) is 14.6 Å². The second-order valence-electron chi connectivity index (χ2n) is 5.97. The molecule has 0 saturated carbocycles. The molecule has 138 valence electrons. The van der Waals surface area contributed by atoms with Crippen LogP contribution in [0.5, 0.6) is 5.75 Å². The summed E-state index contributed by atoms with van der Waals surface area (Å²) in [6.07, 6.45) is 2.22. The van der Waals surface area contributed by atoms with E-state index in [2.05, 4.69) is 19.2 Å². The zero-order valence-corrected chi connectivity index (χ0v) is 16.0. The van der Waals surface area contributed by atoms with Gasteiger partial charge >= 0.3 is 0 Å². The quantitative estimate of drug-likeness (QED) is 0.682. The summed E-state index contributed by atoms with van der Waals surface area (Å²) in [5.74, 6) is 0.894. The highest BCUT2D eigenvalue weighted by atomic mass is 35.5. The highest BCUT2D eigenvalue weighted by molar-refractivity contribution is 7.90. The lowest BCUT2D eigenvalue weighted by atomic mass is 10.0. The molecule has 1 atom stereocenters. The number of carbonyl (C=O) groups excluding carboxylic acids is 1. The summed E-state index contributed by atoms with van der Waals surface area (Å²) in [5.41, 5.74) is 5.64. The van der Waals surface area contributed by atoms with E-state index in [4.69, 9.17) is 10.5 Å². The number of nitrogens with two attached hydrogens (primary N) is 1. The van der Waals surface area contributed by atoms with Gasteiger partial charge in [-0.15, -0.1) is 12.4 Å². The highest BCUT2D eigenvalue weighted by Gasteiger charge is 2.12. The first-order valence-corrected chi connectivity index (χ1v) is 9.54. The average molecular weight is 379 g/mol. The van der Waals surface area contributed by atoms with Crippen molar-refractivity contribution in [1.82, 2.24) is 5.32 Å². The Labute approximate surface area is 150 Å². The Balaban J connectivity index is 0.00000529. The van der Waals surface area contributed by atoms with Crippen LogP contribution in [0.4, 0.5) is 0 Å². The molecule has 8 heteroatoms. The van der Waals surface area contributed by atoms with Gasteiger partial charge in [-0.2, -0.15) is 0 Å². The normalized spacial score (nSPS) is 12.4. The minimum atomic E-state index is -3.21. The molecule has 1 amide bonds. The van der Waals surface area contributed by atoms with Gasteiger partial charge in [0.2, 0.25) is 5.91 Å².